The summed E-state index contributed by atoms with van der Waals surface area (Å²) in [6.45, 7) is 5.70. The van der Waals surface area contributed by atoms with Crippen molar-refractivity contribution >= 4 is 40.3 Å². The van der Waals surface area contributed by atoms with Crippen LogP contribution in [0.1, 0.15) is 56.1 Å². The molecule has 1 fully saturated rings. The molecule has 4 rings (SSSR count). The highest BCUT2D eigenvalue weighted by Crippen LogP contribution is 2.20. The topological polar surface area (TPSA) is 149 Å². The van der Waals surface area contributed by atoms with E-state index in [2.05, 4.69) is 26.3 Å². The highest BCUT2D eigenvalue weighted by Gasteiger charge is 2.36. The largest absolute Gasteiger partial charge is 0.356 e. The van der Waals surface area contributed by atoms with Crippen LogP contribution >= 0.6 is 0 Å². The van der Waals surface area contributed by atoms with Gasteiger partial charge in [0, 0.05) is 35.3 Å². The van der Waals surface area contributed by atoms with Crippen LogP contribution in [0.5, 0.6) is 0 Å². The molecule has 42 heavy (non-hydrogen) atoms. The second kappa shape index (κ2) is 13.0. The van der Waals surface area contributed by atoms with Crippen LogP contribution in [-0.4, -0.2) is 58.6 Å². The summed E-state index contributed by atoms with van der Waals surface area (Å²) in [5.41, 5.74) is 0.593. The molecule has 11 heteroatoms. The van der Waals surface area contributed by atoms with Crippen LogP contribution < -0.4 is 21.3 Å². The Bertz CT molecular complexity index is 1480. The Balaban J connectivity index is 1.58. The molecule has 0 radical (unpaired) electrons. The van der Waals surface area contributed by atoms with Gasteiger partial charge in [0.2, 0.25) is 17.6 Å². The number of H-pyrrole nitrogens is 1. The predicted molar refractivity (Wildman–Crippen MR) is 155 cm³/mol. The van der Waals surface area contributed by atoms with Crippen LogP contribution in [0.25, 0.3) is 10.9 Å². The number of aromatic amines is 1. The van der Waals surface area contributed by atoms with Crippen molar-refractivity contribution in [1.82, 2.24) is 26.3 Å². The zero-order valence-electron chi connectivity index (χ0n) is 23.9. The van der Waals surface area contributed by atoms with Crippen molar-refractivity contribution in [2.45, 2.75) is 64.1 Å². The second-order valence-electron chi connectivity index (χ2n) is 11.6. The average Bonchev–Trinajstić information content (AvgIpc) is 3.36. The quantitative estimate of drug-likeness (QED) is 0.235. The number of benzene rings is 2. The number of Topliss-reactive ketones (excluding diaryl/α,β-unsaturated/α-hetero) is 1. The predicted octanol–water partition coefficient (Wildman–Crippen LogP) is 2.53. The number of amides is 4. The molecule has 3 atom stereocenters. The van der Waals surface area contributed by atoms with Crippen LogP contribution in [0.3, 0.4) is 0 Å². The summed E-state index contributed by atoms with van der Waals surface area (Å²) in [6, 6.07) is 12.2. The molecule has 2 aromatic carbocycles. The van der Waals surface area contributed by atoms with Gasteiger partial charge in [-0.2, -0.15) is 0 Å². The van der Waals surface area contributed by atoms with Crippen molar-refractivity contribution in [1.29, 1.82) is 0 Å². The van der Waals surface area contributed by atoms with E-state index in [0.717, 1.165) is 5.56 Å². The van der Waals surface area contributed by atoms with Gasteiger partial charge in [-0.05, 0) is 69.9 Å². The number of hydrogen-bond acceptors (Lipinski definition) is 5. The third-order valence-electron chi connectivity index (χ3n) is 7.00. The van der Waals surface area contributed by atoms with Crippen molar-refractivity contribution in [2.75, 3.05) is 6.54 Å². The molecule has 10 nitrogen and oxygen atoms in total. The zero-order chi connectivity index (χ0) is 30.4. The smallest absolute Gasteiger partial charge is 0.290 e. The summed E-state index contributed by atoms with van der Waals surface area (Å²) in [7, 11) is 0. The van der Waals surface area contributed by atoms with E-state index in [1.54, 1.807) is 51.1 Å². The maximum Gasteiger partial charge on any atom is 0.290 e. The normalized spacial score (nSPS) is 16.7. The fourth-order valence-corrected chi connectivity index (χ4v) is 4.93. The minimum atomic E-state index is -1.29. The van der Waals surface area contributed by atoms with Gasteiger partial charge in [0.1, 0.15) is 17.6 Å². The molecule has 222 valence electrons. The SMILES string of the molecule is CC(C)(C)NC(=O)C(=O)[C@H](C[C@@H]1CCCNC1=O)NC(=O)[C@H](Cc1ccccc1)NC(=O)c1cc2ccc(F)cc2[nH]1. The number of aromatic nitrogens is 1. The molecule has 1 aliphatic rings. The lowest BCUT2D eigenvalue weighted by atomic mass is 9.89. The van der Waals surface area contributed by atoms with Gasteiger partial charge in [-0.15, -0.1) is 0 Å². The Morgan fingerprint density at radius 1 is 1.00 bits per heavy atom. The number of carbonyl (C=O) groups excluding carboxylic acids is 5. The van der Waals surface area contributed by atoms with E-state index in [1.165, 1.54) is 18.2 Å². The van der Waals surface area contributed by atoms with Gasteiger partial charge in [-0.25, -0.2) is 4.39 Å². The van der Waals surface area contributed by atoms with E-state index in [1.807, 2.05) is 6.07 Å². The molecule has 2 heterocycles. The third kappa shape index (κ3) is 8.02. The van der Waals surface area contributed by atoms with Gasteiger partial charge < -0.3 is 26.3 Å². The van der Waals surface area contributed by atoms with E-state index in [9.17, 15) is 28.4 Å². The number of rotatable bonds is 10. The Morgan fingerprint density at radius 3 is 2.43 bits per heavy atom. The van der Waals surface area contributed by atoms with Crippen molar-refractivity contribution in [3.63, 3.8) is 0 Å². The average molecular weight is 578 g/mol. The zero-order valence-corrected chi connectivity index (χ0v) is 23.9. The van der Waals surface area contributed by atoms with Crippen molar-refractivity contribution in [2.24, 2.45) is 5.92 Å². The van der Waals surface area contributed by atoms with Gasteiger partial charge in [-0.1, -0.05) is 30.3 Å². The Morgan fingerprint density at radius 2 is 1.74 bits per heavy atom. The van der Waals surface area contributed by atoms with Gasteiger partial charge in [0.05, 0.1) is 6.04 Å². The summed E-state index contributed by atoms with van der Waals surface area (Å²) in [6.07, 6.45) is 1.25. The third-order valence-corrected chi connectivity index (χ3v) is 7.00. The molecule has 5 N–H and O–H groups in total. The number of carbonyl (C=O) groups is 5. The van der Waals surface area contributed by atoms with E-state index in [4.69, 9.17) is 0 Å². The standard InChI is InChI=1S/C31H36FN5O5/c1-31(2,3)37-30(42)26(38)23(16-20-10-7-13-33-27(20)39)35-28(40)24(14-18-8-5-4-6-9-18)36-29(41)25-15-19-11-12-21(32)17-22(19)34-25/h4-6,8-9,11-12,15,17,20,23-24,34H,7,10,13-14,16H2,1-3H3,(H,33,39)(H,35,40)(H,36,41)(H,37,42)/t20-,23-,24-/m0/s1. The molecule has 1 saturated heterocycles. The second-order valence-corrected chi connectivity index (χ2v) is 11.6. The lowest BCUT2D eigenvalue weighted by molar-refractivity contribution is -0.142. The van der Waals surface area contributed by atoms with E-state index in [0.29, 0.717) is 30.3 Å². The van der Waals surface area contributed by atoms with Crippen LogP contribution in [0.4, 0.5) is 4.39 Å². The Labute approximate surface area is 243 Å². The lowest BCUT2D eigenvalue weighted by Crippen LogP contribution is -2.57. The van der Waals surface area contributed by atoms with Gasteiger partial charge in [-0.3, -0.25) is 24.0 Å². The molecular formula is C31H36FN5O5. The van der Waals surface area contributed by atoms with E-state index in [-0.39, 0.29) is 24.4 Å². The monoisotopic (exact) mass is 577 g/mol. The first kappa shape index (κ1) is 30.4. The van der Waals surface area contributed by atoms with Crippen LogP contribution in [0.2, 0.25) is 0 Å². The molecule has 3 aromatic rings. The summed E-state index contributed by atoms with van der Waals surface area (Å²) in [5, 5.41) is 11.4. The van der Waals surface area contributed by atoms with Gasteiger partial charge in [0.25, 0.3) is 11.8 Å². The number of halogens is 1. The molecule has 4 amide bonds. The highest BCUT2D eigenvalue weighted by atomic mass is 19.1. The van der Waals surface area contributed by atoms with Crippen LogP contribution in [-0.2, 0) is 25.6 Å². The van der Waals surface area contributed by atoms with Crippen LogP contribution in [0.15, 0.2) is 54.6 Å². The molecule has 1 aromatic heterocycles. The van der Waals surface area contributed by atoms with E-state index < -0.39 is 52.9 Å². The van der Waals surface area contributed by atoms with Crippen molar-refractivity contribution < 1.29 is 28.4 Å². The van der Waals surface area contributed by atoms with E-state index >= 15 is 0 Å². The molecular weight excluding hydrogens is 541 g/mol. The first-order valence-corrected chi connectivity index (χ1v) is 14.0. The first-order valence-electron chi connectivity index (χ1n) is 14.0. The number of fused-ring (bicyclic) bond motifs is 1. The minimum Gasteiger partial charge on any atom is -0.356 e. The molecule has 0 unspecified atom stereocenters. The van der Waals surface area contributed by atoms with Crippen LogP contribution in [0, 0.1) is 11.7 Å². The maximum atomic E-state index is 13.7. The number of hydrogen-bond donors (Lipinski definition) is 5. The van der Waals surface area contributed by atoms with Gasteiger partial charge in [0.15, 0.2) is 0 Å². The summed E-state index contributed by atoms with van der Waals surface area (Å²) < 4.78 is 13.7. The van der Waals surface area contributed by atoms with Gasteiger partial charge >= 0.3 is 0 Å². The molecule has 0 spiro atoms. The molecule has 0 bridgehead atoms. The summed E-state index contributed by atoms with van der Waals surface area (Å²) in [4.78, 5) is 68.4. The van der Waals surface area contributed by atoms with Crippen molar-refractivity contribution in [3.05, 3.63) is 71.7 Å². The number of ketones is 1. The molecule has 0 saturated carbocycles. The molecule has 1 aliphatic heterocycles. The molecule has 0 aliphatic carbocycles. The fourth-order valence-electron chi connectivity index (χ4n) is 4.93. The number of nitrogens with one attached hydrogen (secondary N) is 5. The number of piperidine rings is 1. The highest BCUT2D eigenvalue weighted by molar-refractivity contribution is 6.38. The minimum absolute atomic E-state index is 0.0619. The summed E-state index contributed by atoms with van der Waals surface area (Å²) >= 11 is 0. The Kier molecular flexibility index (Phi) is 9.39. The fraction of sp³-hybridized carbons (Fsp3) is 0.387. The first-order chi connectivity index (χ1) is 19.9. The van der Waals surface area contributed by atoms with Crippen molar-refractivity contribution in [3.8, 4) is 0 Å². The maximum absolute atomic E-state index is 13.7. The Hall–Kier alpha value is -4.54. The lowest BCUT2D eigenvalue weighted by Gasteiger charge is -2.28. The summed E-state index contributed by atoms with van der Waals surface area (Å²) in [5.74, 6) is -4.32.